The molecular weight excluding hydrogens is 465 g/mol. The average Bonchev–Trinajstić information content (AvgIpc) is 3.12. The van der Waals surface area contributed by atoms with Crippen LogP contribution in [0.5, 0.6) is 0 Å². The highest BCUT2D eigenvalue weighted by atomic mass is 127. The highest BCUT2D eigenvalue weighted by Gasteiger charge is 2.36. The van der Waals surface area contributed by atoms with Gasteiger partial charge in [-0.3, -0.25) is 4.99 Å². The van der Waals surface area contributed by atoms with Crippen LogP contribution >= 0.6 is 35.3 Å². The smallest absolute Gasteiger partial charge is 0.410 e. The maximum Gasteiger partial charge on any atom is 0.410 e. The number of thiazole rings is 1. The van der Waals surface area contributed by atoms with Gasteiger partial charge < -0.3 is 19.9 Å². The number of amides is 1. The van der Waals surface area contributed by atoms with Crippen LogP contribution in [0.1, 0.15) is 30.7 Å². The number of aromatic nitrogens is 1. The Labute approximate surface area is 176 Å². The van der Waals surface area contributed by atoms with Gasteiger partial charge in [0.25, 0.3) is 0 Å². The molecule has 0 saturated carbocycles. The van der Waals surface area contributed by atoms with Crippen molar-refractivity contribution in [2.75, 3.05) is 32.7 Å². The number of carbonyl (C=O) groups is 1. The van der Waals surface area contributed by atoms with Gasteiger partial charge in [-0.1, -0.05) is 0 Å². The minimum absolute atomic E-state index is 0. The fourth-order valence-electron chi connectivity index (χ4n) is 3.02. The average molecular weight is 493 g/mol. The number of carbonyl (C=O) groups excluding carboxylic acids is 1. The number of guanidine groups is 1. The van der Waals surface area contributed by atoms with E-state index in [4.69, 9.17) is 4.74 Å². The topological polar surface area (TPSA) is 70.1 Å². The predicted octanol–water partition coefficient (Wildman–Crippen LogP) is 2.49. The minimum Gasteiger partial charge on any atom is -0.444 e. The second-order valence-corrected chi connectivity index (χ2v) is 8.80. The number of hydrogen-bond acceptors (Lipinski definition) is 7. The summed E-state index contributed by atoms with van der Waals surface area (Å²) < 4.78 is 5.48. The Kier molecular flexibility index (Phi) is 7.12. The molecule has 0 aromatic carbocycles. The van der Waals surface area contributed by atoms with Crippen LogP contribution in [-0.2, 0) is 11.2 Å². The molecule has 0 spiro atoms. The van der Waals surface area contributed by atoms with Crippen LogP contribution < -0.4 is 5.32 Å². The molecule has 1 aromatic rings. The zero-order chi connectivity index (χ0) is 18.0. The molecule has 26 heavy (non-hydrogen) atoms. The maximum absolute atomic E-state index is 12.2. The fourth-order valence-corrected chi connectivity index (χ4v) is 3.81. The van der Waals surface area contributed by atoms with E-state index in [0.717, 1.165) is 37.0 Å². The summed E-state index contributed by atoms with van der Waals surface area (Å²) in [5, 5.41) is 4.58. The second kappa shape index (κ2) is 8.73. The van der Waals surface area contributed by atoms with Gasteiger partial charge in [-0.2, -0.15) is 0 Å². The van der Waals surface area contributed by atoms with Gasteiger partial charge in [0.1, 0.15) is 5.60 Å². The summed E-state index contributed by atoms with van der Waals surface area (Å²) in [6.07, 6.45) is 2.59. The van der Waals surface area contributed by atoms with Gasteiger partial charge in [0.15, 0.2) is 5.96 Å². The molecule has 1 N–H and O–H groups in total. The van der Waals surface area contributed by atoms with Crippen molar-refractivity contribution in [3.63, 3.8) is 0 Å². The first kappa shape index (κ1) is 21.2. The van der Waals surface area contributed by atoms with E-state index >= 15 is 0 Å². The summed E-state index contributed by atoms with van der Waals surface area (Å²) in [5.41, 5.74) is -0.457. The molecule has 3 rings (SSSR count). The zero-order valence-electron chi connectivity index (χ0n) is 15.8. The number of fused-ring (bicyclic) bond motifs is 1. The maximum atomic E-state index is 12.2. The van der Waals surface area contributed by atoms with Gasteiger partial charge in [-0.05, 0) is 27.7 Å². The number of hydrogen-bond donors (Lipinski definition) is 1. The number of piperazine rings is 1. The molecule has 1 saturated heterocycles. The molecule has 0 aliphatic carbocycles. The van der Waals surface area contributed by atoms with Crippen LogP contribution in [0.4, 0.5) is 4.79 Å². The lowest BCUT2D eigenvalue weighted by atomic mass is 10.2. The Bertz CT molecular complexity index is 658. The Morgan fingerprint density at radius 3 is 2.85 bits per heavy atom. The molecule has 7 nitrogen and oxygen atoms in total. The summed E-state index contributed by atoms with van der Waals surface area (Å²) in [6.45, 7) is 11.4. The van der Waals surface area contributed by atoms with Crippen molar-refractivity contribution in [2.45, 2.75) is 45.8 Å². The quantitative estimate of drug-likeness (QED) is 0.656. The van der Waals surface area contributed by atoms with Crippen LogP contribution in [0.15, 0.2) is 11.2 Å². The summed E-state index contributed by atoms with van der Waals surface area (Å²) in [5.74, 6) is 0.946. The lowest BCUT2D eigenvalue weighted by Gasteiger charge is -2.39. The lowest BCUT2D eigenvalue weighted by Crippen LogP contribution is -2.57. The lowest BCUT2D eigenvalue weighted by molar-refractivity contribution is 0.0137. The van der Waals surface area contributed by atoms with E-state index in [1.54, 1.807) is 16.2 Å². The molecule has 3 heterocycles. The number of aliphatic imine (C=N–C) groups is 1. The van der Waals surface area contributed by atoms with Crippen molar-refractivity contribution < 1.29 is 9.53 Å². The van der Waals surface area contributed by atoms with Crippen LogP contribution in [0, 0.1) is 6.92 Å². The van der Waals surface area contributed by atoms with Crippen LogP contribution in [-0.4, -0.2) is 71.2 Å². The Morgan fingerprint density at radius 1 is 1.42 bits per heavy atom. The standard InChI is InChI=1S/C17H27N5O2S.HI/c1-12-9-19-14(25-12)5-6-18-15-20-10-13-11-21(7-8-22(13)15)16(23)24-17(2,3)4;/h9,13H,5-8,10-11H2,1-4H3,(H,18,20);1H. The van der Waals surface area contributed by atoms with Gasteiger partial charge in [0, 0.05) is 43.7 Å². The molecule has 1 aromatic heterocycles. The molecule has 146 valence electrons. The first-order chi connectivity index (χ1) is 11.8. The Morgan fingerprint density at radius 2 is 2.19 bits per heavy atom. The number of rotatable bonds is 3. The SMILES string of the molecule is Cc1cnc(CCNC2=NCC3CN(C(=O)OC(C)(C)C)CCN23)s1.I. The van der Waals surface area contributed by atoms with E-state index in [0.29, 0.717) is 13.1 Å². The van der Waals surface area contributed by atoms with Crippen LogP contribution in [0.2, 0.25) is 0 Å². The normalized spacial score (nSPS) is 19.5. The fraction of sp³-hybridized carbons (Fsp3) is 0.706. The van der Waals surface area contributed by atoms with Gasteiger partial charge in [0.05, 0.1) is 17.6 Å². The summed E-state index contributed by atoms with van der Waals surface area (Å²) in [6, 6.07) is 0.242. The Hall–Kier alpha value is -1.10. The number of nitrogens with zero attached hydrogens (tertiary/aromatic N) is 4. The highest BCUT2D eigenvalue weighted by molar-refractivity contribution is 14.0. The number of halogens is 1. The summed E-state index contributed by atoms with van der Waals surface area (Å²) in [7, 11) is 0. The first-order valence-corrected chi connectivity index (χ1v) is 9.58. The first-order valence-electron chi connectivity index (χ1n) is 8.76. The van der Waals surface area contributed by atoms with Crippen molar-refractivity contribution in [3.8, 4) is 0 Å². The number of ether oxygens (including phenoxy) is 1. The molecule has 1 amide bonds. The van der Waals surface area contributed by atoms with E-state index in [9.17, 15) is 4.79 Å². The van der Waals surface area contributed by atoms with Crippen molar-refractivity contribution in [1.82, 2.24) is 20.1 Å². The molecule has 2 aliphatic rings. The summed E-state index contributed by atoms with van der Waals surface area (Å²) >= 11 is 1.74. The molecule has 9 heteroatoms. The predicted molar refractivity (Wildman–Crippen MR) is 115 cm³/mol. The van der Waals surface area contributed by atoms with Gasteiger partial charge in [0.2, 0.25) is 0 Å². The van der Waals surface area contributed by atoms with Crippen molar-refractivity contribution in [3.05, 3.63) is 16.1 Å². The third-order valence-corrected chi connectivity index (χ3v) is 5.12. The highest BCUT2D eigenvalue weighted by Crippen LogP contribution is 2.18. The zero-order valence-corrected chi connectivity index (χ0v) is 19.0. The van der Waals surface area contributed by atoms with Crippen LogP contribution in [0.3, 0.4) is 0 Å². The monoisotopic (exact) mass is 493 g/mol. The molecule has 0 bridgehead atoms. The molecule has 2 aliphatic heterocycles. The number of aryl methyl sites for hydroxylation is 1. The van der Waals surface area contributed by atoms with Gasteiger partial charge in [-0.25, -0.2) is 9.78 Å². The van der Waals surface area contributed by atoms with E-state index in [-0.39, 0.29) is 36.1 Å². The minimum atomic E-state index is -0.457. The number of nitrogens with one attached hydrogen (secondary N) is 1. The van der Waals surface area contributed by atoms with Crippen molar-refractivity contribution in [2.24, 2.45) is 4.99 Å². The van der Waals surface area contributed by atoms with E-state index in [1.807, 2.05) is 27.0 Å². The molecule has 1 unspecified atom stereocenters. The summed E-state index contributed by atoms with van der Waals surface area (Å²) in [4.78, 5) is 26.6. The third-order valence-electron chi connectivity index (χ3n) is 4.15. The van der Waals surface area contributed by atoms with E-state index in [1.165, 1.54) is 4.88 Å². The second-order valence-electron chi connectivity index (χ2n) is 7.48. The largest absolute Gasteiger partial charge is 0.444 e. The molecule has 1 fully saturated rings. The van der Waals surface area contributed by atoms with Crippen molar-refractivity contribution >= 4 is 47.4 Å². The molecular formula is C17H28IN5O2S. The molecule has 0 radical (unpaired) electrons. The van der Waals surface area contributed by atoms with Crippen LogP contribution in [0.25, 0.3) is 0 Å². The molecule has 1 atom stereocenters. The van der Waals surface area contributed by atoms with Gasteiger partial charge >= 0.3 is 6.09 Å². The Balaban J connectivity index is 0.00000243. The van der Waals surface area contributed by atoms with E-state index < -0.39 is 5.60 Å². The van der Waals surface area contributed by atoms with E-state index in [2.05, 4.69) is 27.1 Å². The van der Waals surface area contributed by atoms with Crippen molar-refractivity contribution in [1.29, 1.82) is 0 Å². The van der Waals surface area contributed by atoms with Gasteiger partial charge in [-0.15, -0.1) is 35.3 Å². The third kappa shape index (κ3) is 5.45.